The highest BCUT2D eigenvalue weighted by molar-refractivity contribution is 7.92. The summed E-state index contributed by atoms with van der Waals surface area (Å²) in [6.45, 7) is 2.36. The molecule has 4 rings (SSSR count). The molecule has 2 aromatic rings. The van der Waals surface area contributed by atoms with Gasteiger partial charge in [0.05, 0.1) is 6.54 Å². The van der Waals surface area contributed by atoms with Gasteiger partial charge in [-0.3, -0.25) is 9.59 Å². The van der Waals surface area contributed by atoms with Gasteiger partial charge in [0, 0.05) is 33.7 Å². The molecular weight excluding hydrogens is 503 g/mol. The minimum absolute atomic E-state index is 0.00367. The second kappa shape index (κ2) is 9.25. The number of sulfonamides is 1. The maximum Gasteiger partial charge on any atom is 0.273 e. The molecule has 1 aromatic heterocycles. The summed E-state index contributed by atoms with van der Waals surface area (Å²) in [6, 6.07) is 8.22. The predicted octanol–water partition coefficient (Wildman–Crippen LogP) is 5.29. The summed E-state index contributed by atoms with van der Waals surface area (Å²) in [5.74, 6) is -0.739. The molecule has 10 heteroatoms. The molecule has 0 spiro atoms. The van der Waals surface area contributed by atoms with Crippen LogP contribution in [0.2, 0.25) is 10.0 Å². The molecule has 0 radical (unpaired) electrons. The molecule has 1 saturated heterocycles. The van der Waals surface area contributed by atoms with Gasteiger partial charge in [-0.1, -0.05) is 48.3 Å². The van der Waals surface area contributed by atoms with Gasteiger partial charge in [0.25, 0.3) is 15.9 Å². The van der Waals surface area contributed by atoms with Crippen molar-refractivity contribution in [2.24, 2.45) is 5.41 Å². The number of rotatable bonds is 6. The van der Waals surface area contributed by atoms with Crippen LogP contribution >= 0.6 is 34.5 Å². The number of hydrogen-bond donors (Lipinski definition) is 1. The van der Waals surface area contributed by atoms with E-state index in [1.54, 1.807) is 40.6 Å². The van der Waals surface area contributed by atoms with Crippen LogP contribution in [0.1, 0.15) is 38.2 Å². The minimum atomic E-state index is -3.91. The number of halogens is 2. The molecule has 6 nitrogen and oxygen atoms in total. The van der Waals surface area contributed by atoms with Gasteiger partial charge in [0.1, 0.15) is 4.21 Å². The topological polar surface area (TPSA) is 83.6 Å². The summed E-state index contributed by atoms with van der Waals surface area (Å²) >= 11 is 13.4. The molecule has 1 N–H and O–H groups in total. The van der Waals surface area contributed by atoms with Crippen LogP contribution in [0.15, 0.2) is 63.3 Å². The van der Waals surface area contributed by atoms with E-state index in [-0.39, 0.29) is 15.5 Å². The second-order valence-electron chi connectivity index (χ2n) is 8.42. The molecule has 1 aliphatic carbocycles. The Balaban J connectivity index is 1.62. The average molecular weight is 525 g/mol. The van der Waals surface area contributed by atoms with Gasteiger partial charge in [0.15, 0.2) is 0 Å². The summed E-state index contributed by atoms with van der Waals surface area (Å²) in [5.41, 5.74) is 2.16. The highest BCUT2D eigenvalue weighted by atomic mass is 35.5. The molecule has 0 saturated carbocycles. The zero-order valence-corrected chi connectivity index (χ0v) is 21.0. The molecule has 174 valence electrons. The van der Waals surface area contributed by atoms with Gasteiger partial charge in [-0.25, -0.2) is 13.1 Å². The second-order valence-corrected chi connectivity index (χ2v) is 12.1. The minimum Gasteiger partial charge on any atom is -0.311 e. The maximum atomic E-state index is 13.0. The SMILES string of the molecule is CC12CCCC(/C=C/C(=O)NS(=O)(=O)c3cccs3)=C1N(Cc1ccc(Cl)cc1Cl)C(=O)C2. The van der Waals surface area contributed by atoms with Crippen LogP contribution in [0.4, 0.5) is 0 Å². The van der Waals surface area contributed by atoms with Crippen molar-refractivity contribution in [3.63, 3.8) is 0 Å². The molecule has 1 atom stereocenters. The van der Waals surface area contributed by atoms with Gasteiger partial charge in [-0.15, -0.1) is 11.3 Å². The molecule has 1 unspecified atom stereocenters. The van der Waals surface area contributed by atoms with Crippen LogP contribution in [0, 0.1) is 5.41 Å². The Kier molecular flexibility index (Phi) is 6.73. The Hall–Kier alpha value is -2.13. The average Bonchev–Trinajstić information content (AvgIpc) is 3.35. The normalized spacial score (nSPS) is 21.1. The summed E-state index contributed by atoms with van der Waals surface area (Å²) in [5, 5.41) is 2.63. The first-order valence-corrected chi connectivity index (χ1v) is 13.5. The van der Waals surface area contributed by atoms with Crippen LogP contribution in [0.25, 0.3) is 0 Å². The summed E-state index contributed by atoms with van der Waals surface area (Å²) in [7, 11) is -3.91. The van der Waals surface area contributed by atoms with Crippen molar-refractivity contribution in [1.29, 1.82) is 0 Å². The molecule has 2 heterocycles. The van der Waals surface area contributed by atoms with Crippen LogP contribution in [0.3, 0.4) is 0 Å². The number of thiophene rings is 1. The number of fused-ring (bicyclic) bond motifs is 1. The standard InChI is InChI=1S/C23H22Cl2N2O4S2/c1-23-10-2-4-15(7-9-19(28)26-33(30,31)21-5-3-11-32-21)22(23)27(20(29)13-23)14-16-6-8-17(24)12-18(16)25/h3,5-9,11-12H,2,4,10,13-14H2,1H3,(H,26,28)/b9-7+. The van der Waals surface area contributed by atoms with E-state index in [0.29, 0.717) is 29.4 Å². The van der Waals surface area contributed by atoms with Crippen LogP contribution in [-0.4, -0.2) is 25.1 Å². The number of allylic oxidation sites excluding steroid dienone is 3. The lowest BCUT2D eigenvalue weighted by molar-refractivity contribution is -0.127. The van der Waals surface area contributed by atoms with E-state index in [9.17, 15) is 18.0 Å². The largest absolute Gasteiger partial charge is 0.311 e. The third-order valence-corrected chi connectivity index (χ3v) is 9.27. The predicted molar refractivity (Wildman–Crippen MR) is 129 cm³/mol. The van der Waals surface area contributed by atoms with Crippen molar-refractivity contribution in [1.82, 2.24) is 9.62 Å². The number of likely N-dealkylation sites (tertiary alicyclic amines) is 1. The molecule has 0 bridgehead atoms. The van der Waals surface area contributed by atoms with E-state index in [1.807, 2.05) is 0 Å². The fraction of sp³-hybridized carbons (Fsp3) is 0.304. The van der Waals surface area contributed by atoms with E-state index >= 15 is 0 Å². The van der Waals surface area contributed by atoms with Gasteiger partial charge >= 0.3 is 0 Å². The van der Waals surface area contributed by atoms with Crippen molar-refractivity contribution in [2.75, 3.05) is 0 Å². The summed E-state index contributed by atoms with van der Waals surface area (Å²) in [6.07, 6.45) is 5.64. The zero-order chi connectivity index (χ0) is 23.8. The smallest absolute Gasteiger partial charge is 0.273 e. The van der Waals surface area contributed by atoms with Crippen molar-refractivity contribution in [3.8, 4) is 0 Å². The Labute approximate surface area is 206 Å². The lowest BCUT2D eigenvalue weighted by Gasteiger charge is -2.34. The first-order chi connectivity index (χ1) is 15.6. The zero-order valence-electron chi connectivity index (χ0n) is 17.8. The number of nitrogens with one attached hydrogen (secondary N) is 1. The third kappa shape index (κ3) is 5.04. The van der Waals surface area contributed by atoms with E-state index in [1.165, 1.54) is 12.1 Å². The Morgan fingerprint density at radius 2 is 2.09 bits per heavy atom. The lowest BCUT2D eigenvalue weighted by Crippen LogP contribution is -2.29. The van der Waals surface area contributed by atoms with E-state index in [4.69, 9.17) is 23.2 Å². The fourth-order valence-corrected chi connectivity index (χ4v) is 6.88. The molecule has 1 fully saturated rings. The van der Waals surface area contributed by atoms with Crippen molar-refractivity contribution in [2.45, 2.75) is 43.4 Å². The Morgan fingerprint density at radius 3 is 2.79 bits per heavy atom. The molecule has 2 aliphatic rings. The third-order valence-electron chi connectivity index (χ3n) is 5.94. The highest BCUT2D eigenvalue weighted by Gasteiger charge is 2.46. The molecular formula is C23H22Cl2N2O4S2. The van der Waals surface area contributed by atoms with E-state index < -0.39 is 15.9 Å². The van der Waals surface area contributed by atoms with Crippen molar-refractivity contribution < 1.29 is 18.0 Å². The number of nitrogens with zero attached hydrogens (tertiary/aromatic N) is 1. The fourth-order valence-electron chi connectivity index (χ4n) is 4.48. The van der Waals surface area contributed by atoms with Gasteiger partial charge < -0.3 is 4.90 Å². The number of carbonyl (C=O) groups is 2. The summed E-state index contributed by atoms with van der Waals surface area (Å²) in [4.78, 5) is 27.1. The maximum absolute atomic E-state index is 13.0. The lowest BCUT2D eigenvalue weighted by atomic mass is 9.74. The number of hydrogen-bond acceptors (Lipinski definition) is 5. The summed E-state index contributed by atoms with van der Waals surface area (Å²) < 4.78 is 26.7. The monoisotopic (exact) mass is 524 g/mol. The first kappa shape index (κ1) is 24.0. The molecule has 1 aromatic carbocycles. The number of amides is 2. The van der Waals surface area contributed by atoms with Crippen molar-refractivity contribution >= 4 is 56.4 Å². The van der Waals surface area contributed by atoms with Crippen LogP contribution in [-0.2, 0) is 26.2 Å². The quantitative estimate of drug-likeness (QED) is 0.520. The molecule has 2 amide bonds. The van der Waals surface area contributed by atoms with Crippen LogP contribution < -0.4 is 4.72 Å². The van der Waals surface area contributed by atoms with E-state index in [2.05, 4.69) is 11.6 Å². The first-order valence-electron chi connectivity index (χ1n) is 10.4. The Bertz CT molecular complexity index is 1270. The van der Waals surface area contributed by atoms with Crippen molar-refractivity contribution in [3.05, 3.63) is 74.7 Å². The highest BCUT2D eigenvalue weighted by Crippen LogP contribution is 2.50. The molecule has 1 aliphatic heterocycles. The van der Waals surface area contributed by atoms with E-state index in [0.717, 1.165) is 41.0 Å². The Morgan fingerprint density at radius 1 is 1.30 bits per heavy atom. The van der Waals surface area contributed by atoms with Crippen LogP contribution in [0.5, 0.6) is 0 Å². The van der Waals surface area contributed by atoms with Gasteiger partial charge in [0.2, 0.25) is 5.91 Å². The van der Waals surface area contributed by atoms with Gasteiger partial charge in [-0.2, -0.15) is 0 Å². The number of benzene rings is 1. The number of carbonyl (C=O) groups excluding carboxylic acids is 2. The molecule has 33 heavy (non-hydrogen) atoms. The van der Waals surface area contributed by atoms with Gasteiger partial charge in [-0.05, 0) is 54.0 Å².